The highest BCUT2D eigenvalue weighted by atomic mass is 32.2. The van der Waals surface area contributed by atoms with E-state index in [2.05, 4.69) is 24.5 Å². The van der Waals surface area contributed by atoms with E-state index in [-0.39, 0.29) is 28.0 Å². The smallest absolute Gasteiger partial charge is 0.313 e. The van der Waals surface area contributed by atoms with Crippen molar-refractivity contribution in [2.24, 2.45) is 5.92 Å². The topological polar surface area (TPSA) is 106 Å². The first kappa shape index (κ1) is 29.0. The van der Waals surface area contributed by atoms with E-state index in [4.69, 9.17) is 0 Å². The third-order valence-electron chi connectivity index (χ3n) is 7.42. The van der Waals surface area contributed by atoms with Crippen molar-refractivity contribution in [2.45, 2.75) is 76.5 Å². The number of hydrogen-bond donors (Lipinski definition) is 1. The summed E-state index contributed by atoms with van der Waals surface area (Å²) in [5.41, 5.74) is 6.87. The summed E-state index contributed by atoms with van der Waals surface area (Å²) in [5, 5.41) is 0. The zero-order chi connectivity index (χ0) is 28.2. The lowest BCUT2D eigenvalue weighted by atomic mass is 9.78. The maximum Gasteiger partial charge on any atom is 0.326 e. The molecule has 0 unspecified atom stereocenters. The Balaban J connectivity index is 1.32. The summed E-state index contributed by atoms with van der Waals surface area (Å²) in [6.45, 7) is 4.14. The monoisotopic (exact) mass is 571 g/mol. The van der Waals surface area contributed by atoms with Crippen molar-refractivity contribution in [1.82, 2.24) is 4.68 Å². The lowest BCUT2D eigenvalue weighted by molar-refractivity contribution is -0.118. The summed E-state index contributed by atoms with van der Waals surface area (Å²) in [6.07, 6.45) is 12.9. The molecule has 2 amide bonds. The number of aromatic nitrogens is 1. The van der Waals surface area contributed by atoms with Crippen LogP contribution in [-0.2, 0) is 25.8 Å². The standard InChI is InChI=1S/C29H37N3O5S2/c1-4-9-21-10-8-11-25-24(21)17-18-26-28(25)32(29(35)38-26)30-27(34)12-6-5-7-19-31(20(2)33)22-13-15-23(16-14-22)39(3,36)37/h8,11,13-16,21H,4-7,9-10,12,17-19H2,1-3H3,(H,30,34)/t21-/m0/s1. The number of carbonyl (C=O) groups is 2. The van der Waals surface area contributed by atoms with Gasteiger partial charge < -0.3 is 4.90 Å². The number of amides is 2. The van der Waals surface area contributed by atoms with E-state index in [1.165, 1.54) is 40.6 Å². The molecule has 1 N–H and O–H groups in total. The summed E-state index contributed by atoms with van der Waals surface area (Å²) in [5.74, 6) is 0.178. The Morgan fingerprint density at radius 3 is 2.54 bits per heavy atom. The fraction of sp³-hybridized carbons (Fsp3) is 0.483. The molecule has 210 valence electrons. The van der Waals surface area contributed by atoms with Crippen molar-refractivity contribution in [2.75, 3.05) is 23.1 Å². The Kier molecular flexibility index (Phi) is 9.27. The van der Waals surface area contributed by atoms with Crippen LogP contribution in [0.15, 0.2) is 51.7 Å². The van der Waals surface area contributed by atoms with Gasteiger partial charge >= 0.3 is 4.87 Å². The normalized spacial score (nSPS) is 16.5. The number of nitrogens with one attached hydrogen (secondary N) is 1. The number of unbranched alkanes of at least 4 members (excludes halogenated alkanes) is 2. The largest absolute Gasteiger partial charge is 0.326 e. The fourth-order valence-corrected chi connectivity index (χ4v) is 7.06. The number of carbonyl (C=O) groups excluding carboxylic acids is 2. The minimum Gasteiger partial charge on any atom is -0.313 e. The molecule has 0 saturated heterocycles. The van der Waals surface area contributed by atoms with E-state index in [1.807, 2.05) is 0 Å². The average Bonchev–Trinajstić information content (AvgIpc) is 3.21. The number of allylic oxidation sites excluding steroid dienone is 4. The Morgan fingerprint density at radius 1 is 1.13 bits per heavy atom. The van der Waals surface area contributed by atoms with Crippen LogP contribution in [-0.4, -0.2) is 37.7 Å². The van der Waals surface area contributed by atoms with Gasteiger partial charge in [0.05, 0.1) is 10.6 Å². The minimum atomic E-state index is -3.30. The summed E-state index contributed by atoms with van der Waals surface area (Å²) in [4.78, 5) is 40.5. The summed E-state index contributed by atoms with van der Waals surface area (Å²) in [7, 11) is -3.30. The zero-order valence-corrected chi connectivity index (χ0v) is 24.5. The molecule has 0 aliphatic heterocycles. The van der Waals surface area contributed by atoms with E-state index in [1.54, 1.807) is 17.0 Å². The highest BCUT2D eigenvalue weighted by molar-refractivity contribution is 7.90. The van der Waals surface area contributed by atoms with Crippen LogP contribution in [0, 0.1) is 5.92 Å². The van der Waals surface area contributed by atoms with Crippen LogP contribution in [0.3, 0.4) is 0 Å². The highest BCUT2D eigenvalue weighted by Crippen LogP contribution is 2.42. The molecule has 1 atom stereocenters. The van der Waals surface area contributed by atoms with Crippen LogP contribution < -0.4 is 15.2 Å². The van der Waals surface area contributed by atoms with Crippen molar-refractivity contribution < 1.29 is 18.0 Å². The molecule has 1 heterocycles. The molecular weight excluding hydrogens is 534 g/mol. The van der Waals surface area contributed by atoms with E-state index < -0.39 is 9.84 Å². The van der Waals surface area contributed by atoms with E-state index >= 15 is 0 Å². The van der Waals surface area contributed by atoms with Gasteiger partial charge in [-0.2, -0.15) is 0 Å². The minimum absolute atomic E-state index is 0.131. The Bertz CT molecular complexity index is 1450. The van der Waals surface area contributed by atoms with Crippen LogP contribution in [0.4, 0.5) is 5.69 Å². The Morgan fingerprint density at radius 2 is 1.87 bits per heavy atom. The molecule has 0 spiro atoms. The molecule has 0 saturated carbocycles. The van der Waals surface area contributed by atoms with Gasteiger partial charge in [0.25, 0.3) is 0 Å². The molecule has 10 heteroatoms. The van der Waals surface area contributed by atoms with Gasteiger partial charge in [0.1, 0.15) is 0 Å². The van der Waals surface area contributed by atoms with E-state index in [0.29, 0.717) is 31.0 Å². The number of benzene rings is 1. The second-order valence-electron chi connectivity index (χ2n) is 10.3. The molecule has 4 rings (SSSR count). The maximum atomic E-state index is 12.8. The van der Waals surface area contributed by atoms with Crippen molar-refractivity contribution in [3.63, 3.8) is 0 Å². The number of aryl methyl sites for hydroxylation is 1. The van der Waals surface area contributed by atoms with Gasteiger partial charge in [-0.1, -0.05) is 48.8 Å². The predicted molar refractivity (Wildman–Crippen MR) is 156 cm³/mol. The molecule has 8 nitrogen and oxygen atoms in total. The molecule has 39 heavy (non-hydrogen) atoms. The lowest BCUT2D eigenvalue weighted by Crippen LogP contribution is -2.32. The molecule has 1 aromatic carbocycles. The van der Waals surface area contributed by atoms with Gasteiger partial charge in [0.2, 0.25) is 11.8 Å². The first-order valence-electron chi connectivity index (χ1n) is 13.6. The number of anilines is 1. The highest BCUT2D eigenvalue weighted by Gasteiger charge is 2.30. The van der Waals surface area contributed by atoms with Crippen LogP contribution in [0.2, 0.25) is 0 Å². The Labute approximate surface area is 234 Å². The number of fused-ring (bicyclic) bond motifs is 2. The molecule has 2 aliphatic rings. The number of thiazole rings is 1. The molecule has 0 radical (unpaired) electrons. The summed E-state index contributed by atoms with van der Waals surface area (Å²) < 4.78 is 24.8. The Hall–Kier alpha value is -2.98. The zero-order valence-electron chi connectivity index (χ0n) is 22.9. The second kappa shape index (κ2) is 12.5. The summed E-state index contributed by atoms with van der Waals surface area (Å²) in [6, 6.07) is 6.28. The van der Waals surface area contributed by atoms with Gasteiger partial charge in [-0.05, 0) is 68.7 Å². The number of hydrogen-bond acceptors (Lipinski definition) is 6. The lowest BCUT2D eigenvalue weighted by Gasteiger charge is -2.29. The van der Waals surface area contributed by atoms with Gasteiger partial charge in [-0.25, -0.2) is 13.1 Å². The maximum absolute atomic E-state index is 12.8. The van der Waals surface area contributed by atoms with Crippen LogP contribution in [0.25, 0.3) is 5.57 Å². The quantitative estimate of drug-likeness (QED) is 0.379. The SMILES string of the molecule is CCC[C@H]1CC=CC2=C1CCc1sc(=O)n(NC(=O)CCCCCN(C(C)=O)c3ccc(S(C)(=O)=O)cc3)c12. The van der Waals surface area contributed by atoms with Crippen LogP contribution in [0.5, 0.6) is 0 Å². The fourth-order valence-electron chi connectivity index (χ4n) is 5.49. The van der Waals surface area contributed by atoms with Gasteiger partial charge in [0.15, 0.2) is 9.84 Å². The first-order chi connectivity index (χ1) is 18.6. The second-order valence-corrected chi connectivity index (χ2v) is 13.4. The predicted octanol–water partition coefficient (Wildman–Crippen LogP) is 5.07. The average molecular weight is 572 g/mol. The molecule has 0 bridgehead atoms. The van der Waals surface area contributed by atoms with Gasteiger partial charge in [-0.3, -0.25) is 19.8 Å². The van der Waals surface area contributed by atoms with E-state index in [9.17, 15) is 22.8 Å². The molecule has 1 aromatic heterocycles. The molecule has 2 aliphatic carbocycles. The van der Waals surface area contributed by atoms with Crippen LogP contribution >= 0.6 is 11.3 Å². The molecule has 0 fully saturated rings. The number of sulfone groups is 1. The van der Waals surface area contributed by atoms with Gasteiger partial charge in [0, 0.05) is 42.3 Å². The van der Waals surface area contributed by atoms with Crippen molar-refractivity contribution in [1.29, 1.82) is 0 Å². The summed E-state index contributed by atoms with van der Waals surface area (Å²) >= 11 is 1.22. The molecule has 2 aromatic rings. The van der Waals surface area contributed by atoms with Crippen molar-refractivity contribution in [3.05, 3.63) is 62.2 Å². The third kappa shape index (κ3) is 6.78. The van der Waals surface area contributed by atoms with Gasteiger partial charge in [-0.15, -0.1) is 0 Å². The number of nitrogens with zero attached hydrogens (tertiary/aromatic N) is 2. The first-order valence-corrected chi connectivity index (χ1v) is 16.3. The number of rotatable bonds is 11. The van der Waals surface area contributed by atoms with Crippen molar-refractivity contribution in [3.8, 4) is 0 Å². The van der Waals surface area contributed by atoms with Crippen molar-refractivity contribution >= 4 is 44.2 Å². The van der Waals surface area contributed by atoms with Crippen LogP contribution in [0.1, 0.15) is 75.8 Å². The third-order valence-corrected chi connectivity index (χ3v) is 9.55. The molecular formula is C29H37N3O5S2. The van der Waals surface area contributed by atoms with E-state index in [0.717, 1.165) is 60.9 Å².